The van der Waals surface area contributed by atoms with Gasteiger partial charge in [0.2, 0.25) is 0 Å². The van der Waals surface area contributed by atoms with Gasteiger partial charge >= 0.3 is 0 Å². The van der Waals surface area contributed by atoms with Crippen LogP contribution < -0.4 is 5.32 Å². The van der Waals surface area contributed by atoms with Gasteiger partial charge in [-0.15, -0.1) is 0 Å². The van der Waals surface area contributed by atoms with Gasteiger partial charge in [0.1, 0.15) is 0 Å². The predicted molar refractivity (Wildman–Crippen MR) is 61.5 cm³/mol. The molecule has 15 heavy (non-hydrogen) atoms. The van der Waals surface area contributed by atoms with E-state index in [0.29, 0.717) is 17.6 Å². The molecule has 0 amide bonds. The molecule has 0 spiro atoms. The minimum atomic E-state index is 0.127. The summed E-state index contributed by atoms with van der Waals surface area (Å²) in [5, 5.41) is 3.83. The third kappa shape index (κ3) is 2.80. The summed E-state index contributed by atoms with van der Waals surface area (Å²) < 4.78 is 0. The van der Waals surface area contributed by atoms with Crippen molar-refractivity contribution in [2.45, 2.75) is 25.8 Å². The van der Waals surface area contributed by atoms with Gasteiger partial charge in [0.05, 0.1) is 6.54 Å². The number of hydrogen-bond acceptors (Lipinski definition) is 2. The Labute approximate surface area is 94.6 Å². The third-order valence-corrected chi connectivity index (χ3v) is 2.86. The standard InChI is InChI=1S/C12H14ClNO/c1-8-2-3-9(13)6-11(8)12(15)7-14-10-4-5-10/h2-3,6,10,14H,4-5,7H2,1H3. The van der Waals surface area contributed by atoms with Crippen molar-refractivity contribution in [3.05, 3.63) is 34.3 Å². The zero-order valence-corrected chi connectivity index (χ0v) is 9.47. The highest BCUT2D eigenvalue weighted by atomic mass is 35.5. The van der Waals surface area contributed by atoms with Crippen molar-refractivity contribution in [1.82, 2.24) is 5.32 Å². The van der Waals surface area contributed by atoms with Gasteiger partial charge in [-0.05, 0) is 37.5 Å². The Hall–Kier alpha value is -0.860. The average Bonchev–Trinajstić information content (AvgIpc) is 3.02. The summed E-state index contributed by atoms with van der Waals surface area (Å²) in [4.78, 5) is 11.8. The minimum Gasteiger partial charge on any atom is -0.307 e. The molecule has 0 unspecified atom stereocenters. The Balaban J connectivity index is 2.05. The third-order valence-electron chi connectivity index (χ3n) is 2.63. The van der Waals surface area contributed by atoms with E-state index in [-0.39, 0.29) is 5.78 Å². The summed E-state index contributed by atoms with van der Waals surface area (Å²) in [6, 6.07) is 6.00. The molecule has 0 aromatic heterocycles. The van der Waals surface area contributed by atoms with Gasteiger partial charge in [0, 0.05) is 16.6 Å². The molecule has 1 fully saturated rings. The number of hydrogen-bond donors (Lipinski definition) is 1. The van der Waals surface area contributed by atoms with Gasteiger partial charge in [-0.1, -0.05) is 17.7 Å². The molecule has 2 nitrogen and oxygen atoms in total. The van der Waals surface area contributed by atoms with E-state index in [2.05, 4.69) is 5.32 Å². The molecule has 80 valence electrons. The first-order chi connectivity index (χ1) is 7.16. The van der Waals surface area contributed by atoms with E-state index in [1.807, 2.05) is 19.1 Å². The van der Waals surface area contributed by atoms with Crippen LogP contribution in [0.3, 0.4) is 0 Å². The molecule has 1 N–H and O–H groups in total. The minimum absolute atomic E-state index is 0.127. The van der Waals surface area contributed by atoms with Crippen LogP contribution in [-0.2, 0) is 0 Å². The Bertz CT molecular complexity index is 385. The molecule has 0 bridgehead atoms. The average molecular weight is 224 g/mol. The molecule has 1 aromatic rings. The number of Topliss-reactive ketones (excluding diaryl/α,β-unsaturated/α-hetero) is 1. The maximum atomic E-state index is 11.8. The van der Waals surface area contributed by atoms with Crippen molar-refractivity contribution in [2.24, 2.45) is 0 Å². The molecule has 3 heteroatoms. The summed E-state index contributed by atoms with van der Waals surface area (Å²) in [6.45, 7) is 2.35. The van der Waals surface area contributed by atoms with Gasteiger partial charge in [-0.2, -0.15) is 0 Å². The summed E-state index contributed by atoms with van der Waals surface area (Å²) in [5.41, 5.74) is 1.72. The Morgan fingerprint density at radius 3 is 2.93 bits per heavy atom. The predicted octanol–water partition coefficient (Wildman–Crippen LogP) is 2.58. The number of benzene rings is 1. The highest BCUT2D eigenvalue weighted by Gasteiger charge is 2.21. The van der Waals surface area contributed by atoms with E-state index < -0.39 is 0 Å². The number of carbonyl (C=O) groups is 1. The lowest BCUT2D eigenvalue weighted by Crippen LogP contribution is -2.25. The van der Waals surface area contributed by atoms with Gasteiger partial charge < -0.3 is 5.32 Å². The van der Waals surface area contributed by atoms with Crippen molar-refractivity contribution in [1.29, 1.82) is 0 Å². The lowest BCUT2D eigenvalue weighted by molar-refractivity contribution is 0.0990. The van der Waals surface area contributed by atoms with Crippen molar-refractivity contribution < 1.29 is 4.79 Å². The van der Waals surface area contributed by atoms with Crippen LogP contribution in [0.15, 0.2) is 18.2 Å². The van der Waals surface area contributed by atoms with Crippen LogP contribution in [0.1, 0.15) is 28.8 Å². The van der Waals surface area contributed by atoms with E-state index >= 15 is 0 Å². The van der Waals surface area contributed by atoms with Crippen molar-refractivity contribution in [3.8, 4) is 0 Å². The molecular weight excluding hydrogens is 210 g/mol. The second-order valence-electron chi connectivity index (χ2n) is 4.04. The zero-order chi connectivity index (χ0) is 10.8. The van der Waals surface area contributed by atoms with E-state index in [1.54, 1.807) is 6.07 Å². The number of ketones is 1. The molecule has 1 saturated carbocycles. The fourth-order valence-electron chi connectivity index (χ4n) is 1.51. The van der Waals surface area contributed by atoms with Crippen LogP contribution in [0.4, 0.5) is 0 Å². The van der Waals surface area contributed by atoms with Crippen molar-refractivity contribution in [2.75, 3.05) is 6.54 Å². The maximum absolute atomic E-state index is 11.8. The quantitative estimate of drug-likeness (QED) is 0.795. The molecular formula is C12H14ClNO. The number of aryl methyl sites for hydroxylation is 1. The van der Waals surface area contributed by atoms with Gasteiger partial charge in [0.25, 0.3) is 0 Å². The summed E-state index contributed by atoms with van der Waals surface area (Å²) in [5.74, 6) is 0.127. The van der Waals surface area contributed by atoms with Crippen LogP contribution in [0.2, 0.25) is 5.02 Å². The SMILES string of the molecule is Cc1ccc(Cl)cc1C(=O)CNC1CC1. The molecule has 1 aliphatic carbocycles. The van der Waals surface area contributed by atoms with Crippen LogP contribution in [0.25, 0.3) is 0 Å². The number of nitrogens with one attached hydrogen (secondary N) is 1. The Morgan fingerprint density at radius 1 is 1.53 bits per heavy atom. The topological polar surface area (TPSA) is 29.1 Å². The summed E-state index contributed by atoms with van der Waals surface area (Å²) in [6.07, 6.45) is 2.39. The van der Waals surface area contributed by atoms with E-state index in [1.165, 1.54) is 12.8 Å². The lowest BCUT2D eigenvalue weighted by atomic mass is 10.0. The molecule has 0 radical (unpaired) electrons. The molecule has 0 aliphatic heterocycles. The summed E-state index contributed by atoms with van der Waals surface area (Å²) >= 11 is 5.86. The largest absolute Gasteiger partial charge is 0.307 e. The Kier molecular flexibility index (Phi) is 3.08. The highest BCUT2D eigenvalue weighted by Crippen LogP contribution is 2.19. The first-order valence-corrected chi connectivity index (χ1v) is 5.57. The second-order valence-corrected chi connectivity index (χ2v) is 4.47. The van der Waals surface area contributed by atoms with Crippen LogP contribution in [0.5, 0.6) is 0 Å². The van der Waals surface area contributed by atoms with E-state index in [4.69, 9.17) is 11.6 Å². The smallest absolute Gasteiger partial charge is 0.176 e. The molecule has 0 heterocycles. The lowest BCUT2D eigenvalue weighted by Gasteiger charge is -2.06. The van der Waals surface area contributed by atoms with E-state index in [0.717, 1.165) is 11.1 Å². The first-order valence-electron chi connectivity index (χ1n) is 5.19. The van der Waals surface area contributed by atoms with E-state index in [9.17, 15) is 4.79 Å². The van der Waals surface area contributed by atoms with Gasteiger partial charge in [0.15, 0.2) is 5.78 Å². The Morgan fingerprint density at radius 2 is 2.27 bits per heavy atom. The number of carbonyl (C=O) groups excluding carboxylic acids is 1. The van der Waals surface area contributed by atoms with Gasteiger partial charge in [-0.25, -0.2) is 0 Å². The van der Waals surface area contributed by atoms with Gasteiger partial charge in [-0.3, -0.25) is 4.79 Å². The van der Waals surface area contributed by atoms with Crippen molar-refractivity contribution in [3.63, 3.8) is 0 Å². The fraction of sp³-hybridized carbons (Fsp3) is 0.417. The zero-order valence-electron chi connectivity index (χ0n) is 8.72. The molecule has 1 aliphatic rings. The normalized spacial score (nSPS) is 15.3. The maximum Gasteiger partial charge on any atom is 0.176 e. The van der Waals surface area contributed by atoms with Crippen LogP contribution in [-0.4, -0.2) is 18.4 Å². The highest BCUT2D eigenvalue weighted by molar-refractivity contribution is 6.31. The molecule has 2 rings (SSSR count). The van der Waals surface area contributed by atoms with Crippen LogP contribution in [0, 0.1) is 6.92 Å². The first kappa shape index (κ1) is 10.7. The number of rotatable bonds is 4. The summed E-state index contributed by atoms with van der Waals surface area (Å²) in [7, 11) is 0. The second kappa shape index (κ2) is 4.33. The molecule has 0 atom stereocenters. The molecule has 0 saturated heterocycles. The van der Waals surface area contributed by atoms with Crippen molar-refractivity contribution >= 4 is 17.4 Å². The fourth-order valence-corrected chi connectivity index (χ4v) is 1.69. The molecule has 1 aromatic carbocycles. The monoisotopic (exact) mass is 223 g/mol. The number of halogens is 1. The van der Waals surface area contributed by atoms with Crippen LogP contribution >= 0.6 is 11.6 Å².